The summed E-state index contributed by atoms with van der Waals surface area (Å²) in [6.45, 7) is 1.79. The first-order valence-electron chi connectivity index (χ1n) is 43.6. The molecule has 3 aromatic carbocycles. The highest BCUT2D eigenvalue weighted by molar-refractivity contribution is 7.99. The quantitative estimate of drug-likeness (QED) is 0.0393. The molecule has 4 aliphatic rings. The predicted octanol–water partition coefficient (Wildman–Crippen LogP) is -1.05. The number of amides is 14. The van der Waals surface area contributed by atoms with Gasteiger partial charge in [0.05, 0.1) is 49.4 Å². The molecule has 0 bridgehead atoms. The Hall–Kier alpha value is -12.4. The number of hydrogen-bond donors (Lipinski definition) is 17. The summed E-state index contributed by atoms with van der Waals surface area (Å²) in [5.74, 6) is -21.5. The zero-order valence-electron chi connectivity index (χ0n) is 72.9. The largest absolute Gasteiger partial charge is 0.508 e. The molecule has 40 nitrogen and oxygen atoms in total. The fourth-order valence-electron chi connectivity index (χ4n) is 16.9. The number of aliphatic hydroxyl groups is 2. The van der Waals surface area contributed by atoms with E-state index in [4.69, 9.17) is 11.5 Å². The number of Topliss-reactive ketones (excluding diaryl/α,β-unsaturated/α-hetero) is 2. The number of carboxylic acids is 2. The molecule has 2 aromatic heterocycles. The number of nitrogens with zero attached hydrogens (tertiary/aromatic N) is 5. The van der Waals surface area contributed by atoms with Crippen molar-refractivity contribution in [1.29, 1.82) is 0 Å². The number of thioether (sulfide) groups is 1. The van der Waals surface area contributed by atoms with Gasteiger partial charge in [-0.3, -0.25) is 86.3 Å². The van der Waals surface area contributed by atoms with Crippen molar-refractivity contribution in [1.82, 2.24) is 77.0 Å². The summed E-state index contributed by atoms with van der Waals surface area (Å²) < 4.78 is 0. The number of benzene rings is 3. The zero-order chi connectivity index (χ0) is 94.0. The average molecular weight is 1820 g/mol. The monoisotopic (exact) mass is 1810 g/mol. The van der Waals surface area contributed by atoms with E-state index in [1.165, 1.54) is 50.2 Å². The highest BCUT2D eigenvalue weighted by Gasteiger charge is 2.47. The summed E-state index contributed by atoms with van der Waals surface area (Å²) >= 11 is 0.842. The van der Waals surface area contributed by atoms with Crippen molar-refractivity contribution >= 4 is 140 Å². The van der Waals surface area contributed by atoms with Crippen LogP contribution in [0.4, 0.5) is 0 Å². The third-order valence-electron chi connectivity index (χ3n) is 24.0. The van der Waals surface area contributed by atoms with Crippen LogP contribution in [0.25, 0.3) is 21.8 Å². The van der Waals surface area contributed by atoms with Crippen molar-refractivity contribution in [3.63, 3.8) is 0 Å². The lowest BCUT2D eigenvalue weighted by molar-refractivity contribution is -0.149. The SMILES string of the molecule is CCCC[C@H]1C(=O)N(C)[C@@H](CCCC)C(=O)N[C@@H](C)C(=O)C[C@H](C(=O)NCC(N)=O)CSCC(=O)N[C@@H](Cc2ccc(O)cc2)C(=O)N2CCCC[C@H]2C(=O)N[C@@H](CC(=O)O)C(=O)N2CCC[C@H]2C(=O)N[C@@H](CN)C(=O)C[C@@H](CCC(=O)O)C(=O)N2C[C@H](O)C[C@H]2C(=O)N[C@@H](Cc2c[nH]c3ccccc23)C(=O)N[C@@H](CO)C(=O)N[C@@H](Cc2c[nH]c3ccccc23)C(=O)N1C. The van der Waals surface area contributed by atoms with Crippen molar-refractivity contribution in [2.75, 3.05) is 64.9 Å². The van der Waals surface area contributed by atoms with Crippen molar-refractivity contribution in [3.8, 4) is 5.75 Å². The van der Waals surface area contributed by atoms with Gasteiger partial charge in [-0.15, -0.1) is 0 Å². The van der Waals surface area contributed by atoms with Crippen LogP contribution in [0.3, 0.4) is 0 Å². The van der Waals surface area contributed by atoms with Gasteiger partial charge >= 0.3 is 11.9 Å². The first kappa shape index (κ1) is 100. The van der Waals surface area contributed by atoms with Crippen molar-refractivity contribution in [2.24, 2.45) is 23.3 Å². The first-order valence-corrected chi connectivity index (χ1v) is 44.8. The fraction of sp³-hybridized carbons (Fsp3) is 0.545. The van der Waals surface area contributed by atoms with E-state index in [2.05, 4.69) is 52.5 Å². The average Bonchev–Trinajstić information content (AvgIpc) is 1.64. The summed E-state index contributed by atoms with van der Waals surface area (Å²) in [7, 11) is 2.70. The molecule has 129 heavy (non-hydrogen) atoms. The van der Waals surface area contributed by atoms with Gasteiger partial charge in [-0.25, -0.2) is 0 Å². The molecular formula is C88H119N17O23S. The van der Waals surface area contributed by atoms with Crippen LogP contribution in [0.2, 0.25) is 0 Å². The number of rotatable bonds is 22. The maximum absolute atomic E-state index is 15.6. The zero-order valence-corrected chi connectivity index (χ0v) is 73.7. The number of unbranched alkanes of at least 4 members (excludes halogenated alkanes) is 2. The lowest BCUT2D eigenvalue weighted by Gasteiger charge is -2.38. The van der Waals surface area contributed by atoms with E-state index in [0.29, 0.717) is 77.0 Å². The number of piperidine rings is 1. The molecule has 4 fully saturated rings. The number of aliphatic hydroxyl groups excluding tert-OH is 2. The Morgan fingerprint density at radius 2 is 1.08 bits per heavy atom. The molecular weight excluding hydrogens is 1700 g/mol. The Kier molecular flexibility index (Phi) is 37.1. The topological polar surface area (TPSA) is 604 Å². The van der Waals surface area contributed by atoms with Gasteiger partial charge in [0.1, 0.15) is 66.2 Å². The number of likely N-dealkylation sites (N-methyl/N-ethyl adjacent to an activating group) is 2. The summed E-state index contributed by atoms with van der Waals surface area (Å²) in [5, 5.41) is 74.9. The van der Waals surface area contributed by atoms with Crippen molar-refractivity contribution < 1.29 is 112 Å². The van der Waals surface area contributed by atoms with E-state index in [-0.39, 0.29) is 76.0 Å². The number of phenols is 1. The number of nitrogens with two attached hydrogens (primary N) is 2. The molecule has 700 valence electrons. The standard InChI is InChI=1S/C88H119N17O23S/c1-6-8-21-66-80(120)94-48(3)71(109)37-53(77(117)93-43-73(90)111)46-129-47-74(112)95-61(33-49-25-28-54(107)29-26-49)86(126)103-31-15-14-23-67(103)81(121)98-63(39-76(115)116)87(127)104-32-16-24-68(104)82(122)99-64(40-89)72(110)36-50(27-30-75(113)114)84(124)105-44-55(108)38-70(105)83(123)96-60(34-51-41-91-58-19-12-10-17-56(51)58)78(118)100-65(45-106)79(119)97-62(35-52-42-92-59-20-13-11-18-57(52)59)85(125)102(5)69(22-9-7-2)88(128)101(66)4/h10-13,17-20,25-26,28-29,41-42,48,50,53,55,60-70,91-92,106-108H,6-9,14-16,21-24,27,30-40,43-47,89H2,1-5H3,(H2,90,111)(H,93,117)(H,94,120)(H,95,112)(H,96,123)(H,97,119)(H,98,121)(H,99,122)(H,100,118)(H,113,114)(H,115,116)/t48-,50+,53-,55+,60-,61-,62-,63-,64-,65-,66-,67-,68-,69-,70-/m0/s1. The number of hydrogen-bond acceptors (Lipinski definition) is 23. The smallest absolute Gasteiger partial charge is 0.305 e. The number of ketones is 2. The van der Waals surface area contributed by atoms with Crippen LogP contribution in [-0.2, 0) is 106 Å². The molecule has 9 rings (SSSR count). The van der Waals surface area contributed by atoms with Crippen LogP contribution in [0.15, 0.2) is 85.2 Å². The second kappa shape index (κ2) is 47.6. The van der Waals surface area contributed by atoms with E-state index < -0.39 is 267 Å². The van der Waals surface area contributed by atoms with E-state index in [1.54, 1.807) is 60.9 Å². The molecule has 0 radical (unpaired) electrons. The lowest BCUT2D eigenvalue weighted by atomic mass is 9.92. The van der Waals surface area contributed by atoms with Crippen LogP contribution in [0.1, 0.15) is 147 Å². The minimum atomic E-state index is -1.91. The summed E-state index contributed by atoms with van der Waals surface area (Å²) in [6.07, 6.45) is -0.829. The molecule has 14 amide bonds. The normalized spacial score (nSPS) is 26.0. The molecule has 0 saturated carbocycles. The minimum Gasteiger partial charge on any atom is -0.508 e. The van der Waals surface area contributed by atoms with Gasteiger partial charge in [0.25, 0.3) is 0 Å². The van der Waals surface area contributed by atoms with Crippen LogP contribution < -0.4 is 54.0 Å². The number of aromatic amines is 2. The van der Waals surface area contributed by atoms with E-state index >= 15 is 33.6 Å². The Morgan fingerprint density at radius 3 is 1.67 bits per heavy atom. The van der Waals surface area contributed by atoms with Gasteiger partial charge in [0.15, 0.2) is 11.6 Å². The number of H-pyrrole nitrogens is 2. The maximum atomic E-state index is 15.6. The molecule has 41 heteroatoms. The van der Waals surface area contributed by atoms with Crippen molar-refractivity contribution in [3.05, 3.63) is 102 Å². The highest BCUT2D eigenvalue weighted by Crippen LogP contribution is 2.30. The number of fused-ring (bicyclic) bond motifs is 5. The summed E-state index contributed by atoms with van der Waals surface area (Å²) in [4.78, 5) is 271. The van der Waals surface area contributed by atoms with Gasteiger partial charge in [0.2, 0.25) is 82.7 Å². The molecule has 4 saturated heterocycles. The van der Waals surface area contributed by atoms with Crippen molar-refractivity contribution in [2.45, 2.75) is 228 Å². The second-order valence-corrected chi connectivity index (χ2v) is 34.4. The predicted molar refractivity (Wildman–Crippen MR) is 468 cm³/mol. The van der Waals surface area contributed by atoms with Crippen LogP contribution in [-0.4, -0.2) is 310 Å². The molecule has 4 aliphatic heterocycles. The third-order valence-corrected chi connectivity index (χ3v) is 25.1. The number of carbonyl (C=O) groups excluding carboxylic acids is 16. The Morgan fingerprint density at radius 1 is 0.543 bits per heavy atom. The summed E-state index contributed by atoms with van der Waals surface area (Å²) in [6, 6.07) is 0.874. The molecule has 15 atom stereocenters. The number of aliphatic carboxylic acids is 2. The number of primary amides is 1. The highest BCUT2D eigenvalue weighted by atomic mass is 32.2. The number of nitrogens with one attached hydrogen (secondary N) is 10. The molecule has 19 N–H and O–H groups in total. The fourth-order valence-corrected chi connectivity index (χ4v) is 17.8. The minimum absolute atomic E-state index is 0.0122. The van der Waals surface area contributed by atoms with Gasteiger partial charge in [-0.1, -0.05) is 88.1 Å². The van der Waals surface area contributed by atoms with Gasteiger partial charge in [-0.2, -0.15) is 11.8 Å². The van der Waals surface area contributed by atoms with Crippen LogP contribution in [0, 0.1) is 11.8 Å². The van der Waals surface area contributed by atoms with E-state index in [0.717, 1.165) is 31.4 Å². The number of phenolic OH excluding ortho intramolecular Hbond substituents is 1. The molecule has 5 aromatic rings. The second-order valence-electron chi connectivity index (χ2n) is 33.4. The van der Waals surface area contributed by atoms with Gasteiger partial charge in [0, 0.05) is 131 Å². The number of aromatic hydroxyl groups is 1. The maximum Gasteiger partial charge on any atom is 0.305 e. The summed E-state index contributed by atoms with van der Waals surface area (Å²) in [5.41, 5.74) is 14.2. The lowest BCUT2D eigenvalue weighted by Crippen LogP contribution is -2.61. The Balaban J connectivity index is 1.07. The van der Waals surface area contributed by atoms with E-state index in [9.17, 15) is 78.3 Å². The molecule has 0 unspecified atom stereocenters. The van der Waals surface area contributed by atoms with Crippen LogP contribution in [0.5, 0.6) is 5.75 Å². The number of carboxylic acid groups (broad SMARTS) is 2. The molecule has 0 aliphatic carbocycles. The number of para-hydroxylation sites is 2. The van der Waals surface area contributed by atoms with Gasteiger partial charge in [-0.05, 0) is 99.2 Å². The first-order chi connectivity index (χ1) is 61.5. The Labute approximate surface area is 748 Å². The van der Waals surface area contributed by atoms with E-state index in [1.807, 2.05) is 13.8 Å². The van der Waals surface area contributed by atoms with Crippen LogP contribution >= 0.6 is 11.8 Å². The number of aromatic nitrogens is 2. The third kappa shape index (κ3) is 27.1. The Bertz CT molecular complexity index is 4910. The van der Waals surface area contributed by atoms with Gasteiger partial charge < -0.3 is 114 Å². The molecule has 0 spiro atoms. The molecule has 6 heterocycles. The number of carbonyl (C=O) groups is 18.